The molecule has 1 aliphatic rings. The van der Waals surface area contributed by atoms with Crippen molar-refractivity contribution in [2.24, 2.45) is 11.8 Å². The number of anilines is 2. The van der Waals surface area contributed by atoms with Crippen LogP contribution in [-0.4, -0.2) is 47.1 Å². The van der Waals surface area contributed by atoms with Crippen LogP contribution in [0.5, 0.6) is 0 Å². The number of carbonyl (C=O) groups excluding carboxylic acids is 5. The number of Topliss-reactive ketones (excluding diaryl/α,β-unsaturated/α-hetero) is 1. The van der Waals surface area contributed by atoms with E-state index in [4.69, 9.17) is 0 Å². The van der Waals surface area contributed by atoms with Crippen molar-refractivity contribution in [1.29, 1.82) is 0 Å². The second-order valence-corrected chi connectivity index (χ2v) is 12.6. The highest BCUT2D eigenvalue weighted by molar-refractivity contribution is 5.97. The third-order valence-electron chi connectivity index (χ3n) is 8.33. The van der Waals surface area contributed by atoms with Gasteiger partial charge in [-0.15, -0.1) is 0 Å². The lowest BCUT2D eigenvalue weighted by Crippen LogP contribution is -2.45. The molecular weight excluding hydrogens is 620 g/mol. The van der Waals surface area contributed by atoms with E-state index in [2.05, 4.69) is 27.8 Å². The third kappa shape index (κ3) is 10.6. The molecule has 0 aliphatic carbocycles. The molecule has 0 aromatic heterocycles. The molecule has 1 aliphatic heterocycles. The van der Waals surface area contributed by atoms with E-state index in [1.54, 1.807) is 36.1 Å². The molecule has 0 bridgehead atoms. The van der Waals surface area contributed by atoms with Crippen LogP contribution in [0.3, 0.4) is 0 Å². The summed E-state index contributed by atoms with van der Waals surface area (Å²) in [6, 6.07) is 21.2. The van der Waals surface area contributed by atoms with Crippen molar-refractivity contribution in [2.45, 2.75) is 72.1 Å². The van der Waals surface area contributed by atoms with E-state index < -0.39 is 12.0 Å². The monoisotopic (exact) mass is 664 g/mol. The van der Waals surface area contributed by atoms with Crippen LogP contribution in [0, 0.1) is 23.7 Å². The minimum absolute atomic E-state index is 0.0479. The number of fused-ring (bicyclic) bond motifs is 2. The number of rotatable bonds is 15. The van der Waals surface area contributed by atoms with Gasteiger partial charge in [0.05, 0.1) is 24.9 Å². The van der Waals surface area contributed by atoms with Gasteiger partial charge in [0.25, 0.3) is 0 Å². The smallest absolute Gasteiger partial charge is 0.229 e. The molecule has 0 fully saturated rings. The number of nitrogens with one attached hydrogen (secondary N) is 3. The van der Waals surface area contributed by atoms with E-state index in [9.17, 15) is 29.1 Å². The second-order valence-electron chi connectivity index (χ2n) is 12.6. The molecule has 0 saturated heterocycles. The number of aliphatic hydroxyl groups excluding tert-OH is 1. The summed E-state index contributed by atoms with van der Waals surface area (Å²) in [5.74, 6) is 4.22. The summed E-state index contributed by atoms with van der Waals surface area (Å²) in [6.07, 6.45) is 0.462. The Hall–Kier alpha value is -5.27. The highest BCUT2D eigenvalue weighted by Crippen LogP contribution is 2.26. The molecule has 2 atom stereocenters. The molecule has 0 spiro atoms. The van der Waals surface area contributed by atoms with Crippen LogP contribution in [0.15, 0.2) is 72.8 Å². The summed E-state index contributed by atoms with van der Waals surface area (Å²) in [5, 5.41) is 17.5. The zero-order valence-corrected chi connectivity index (χ0v) is 28.3. The van der Waals surface area contributed by atoms with Gasteiger partial charge in [0.1, 0.15) is 0 Å². The lowest BCUT2D eigenvalue weighted by molar-refractivity contribution is -0.131. The van der Waals surface area contributed by atoms with Crippen molar-refractivity contribution in [3.63, 3.8) is 0 Å². The van der Waals surface area contributed by atoms with Crippen LogP contribution in [-0.2, 0) is 37.1 Å². The Kier molecular flexibility index (Phi) is 13.3. The molecule has 256 valence electrons. The van der Waals surface area contributed by atoms with Gasteiger partial charge in [-0.3, -0.25) is 24.0 Å². The summed E-state index contributed by atoms with van der Waals surface area (Å²) in [7, 11) is 0. The molecule has 4 amide bonds. The highest BCUT2D eigenvalue weighted by atomic mass is 16.3. The van der Waals surface area contributed by atoms with Crippen LogP contribution < -0.4 is 20.9 Å². The standard InChI is InChI=1S/C39H44N4O6/c1-26(2)38(34(45)23-27(3)39(49)41-32-19-15-28(25-44)16-20-32)42-36(47)14-8-13-35(46)40-22-21-37(48)43-24-31-11-5-4-9-29(31)17-18-30-10-6-7-12-33(30)43/h4-7,9-12,15-16,19-20,26-27,38,44H,8,13-14,21-25H2,1-3H3,(H,40,46)(H,41,49)(H,42,47)/t27-,38+/m1/s1. The average molecular weight is 665 g/mol. The quantitative estimate of drug-likeness (QED) is 0.177. The third-order valence-corrected chi connectivity index (χ3v) is 8.33. The molecule has 10 nitrogen and oxygen atoms in total. The van der Waals surface area contributed by atoms with Crippen molar-refractivity contribution >= 4 is 40.8 Å². The fraction of sp³-hybridized carbons (Fsp3) is 0.359. The van der Waals surface area contributed by atoms with Crippen molar-refractivity contribution in [2.75, 3.05) is 16.8 Å². The molecule has 1 heterocycles. The Morgan fingerprint density at radius 1 is 0.816 bits per heavy atom. The zero-order valence-electron chi connectivity index (χ0n) is 28.3. The normalized spacial score (nSPS) is 13.0. The lowest BCUT2D eigenvalue weighted by Gasteiger charge is -2.26. The van der Waals surface area contributed by atoms with E-state index in [-0.39, 0.29) is 80.6 Å². The summed E-state index contributed by atoms with van der Waals surface area (Å²) in [4.78, 5) is 66.1. The fourth-order valence-corrected chi connectivity index (χ4v) is 5.49. The first-order chi connectivity index (χ1) is 23.5. The number of carbonyl (C=O) groups is 5. The van der Waals surface area contributed by atoms with Crippen molar-refractivity contribution in [3.05, 3.63) is 95.1 Å². The molecule has 0 saturated carbocycles. The molecule has 4 rings (SSSR count). The highest BCUT2D eigenvalue weighted by Gasteiger charge is 2.27. The van der Waals surface area contributed by atoms with Gasteiger partial charge in [-0.05, 0) is 53.8 Å². The van der Waals surface area contributed by atoms with E-state index in [0.29, 0.717) is 12.2 Å². The summed E-state index contributed by atoms with van der Waals surface area (Å²) >= 11 is 0. The Balaban J connectivity index is 1.19. The van der Waals surface area contributed by atoms with Gasteiger partial charge >= 0.3 is 0 Å². The minimum Gasteiger partial charge on any atom is -0.392 e. The topological polar surface area (TPSA) is 145 Å². The first-order valence-electron chi connectivity index (χ1n) is 16.6. The first-order valence-corrected chi connectivity index (χ1v) is 16.6. The molecule has 4 N–H and O–H groups in total. The molecule has 49 heavy (non-hydrogen) atoms. The number of benzene rings is 3. The van der Waals surface area contributed by atoms with Crippen LogP contribution in [0.2, 0.25) is 0 Å². The van der Waals surface area contributed by atoms with E-state index >= 15 is 0 Å². The largest absolute Gasteiger partial charge is 0.392 e. The van der Waals surface area contributed by atoms with Crippen LogP contribution >= 0.6 is 0 Å². The van der Waals surface area contributed by atoms with Crippen LogP contribution in [0.25, 0.3) is 0 Å². The van der Waals surface area contributed by atoms with Crippen LogP contribution in [0.1, 0.15) is 75.1 Å². The number of para-hydroxylation sites is 1. The summed E-state index contributed by atoms with van der Waals surface area (Å²) in [5.41, 5.74) is 4.59. The van der Waals surface area contributed by atoms with Gasteiger partial charge in [-0.25, -0.2) is 0 Å². The Bertz CT molecular complexity index is 1720. The second kappa shape index (κ2) is 17.8. The van der Waals surface area contributed by atoms with Crippen molar-refractivity contribution < 1.29 is 29.1 Å². The summed E-state index contributed by atoms with van der Waals surface area (Å²) < 4.78 is 0. The first kappa shape index (κ1) is 36.6. The predicted octanol–water partition coefficient (Wildman–Crippen LogP) is 4.48. The van der Waals surface area contributed by atoms with Crippen molar-refractivity contribution in [3.8, 4) is 11.8 Å². The minimum atomic E-state index is -0.766. The Morgan fingerprint density at radius 3 is 2.18 bits per heavy atom. The van der Waals surface area contributed by atoms with E-state index in [0.717, 1.165) is 27.9 Å². The zero-order chi connectivity index (χ0) is 35.3. The molecule has 10 heteroatoms. The van der Waals surface area contributed by atoms with E-state index in [1.807, 2.05) is 62.4 Å². The molecule has 3 aromatic rings. The van der Waals surface area contributed by atoms with Gasteiger partial charge in [0, 0.05) is 55.0 Å². The number of hydrogen-bond acceptors (Lipinski definition) is 6. The number of aliphatic hydroxyl groups is 1. The number of hydrogen-bond donors (Lipinski definition) is 4. The predicted molar refractivity (Wildman–Crippen MR) is 188 cm³/mol. The number of ketones is 1. The van der Waals surface area contributed by atoms with Gasteiger partial charge in [0.2, 0.25) is 23.6 Å². The average Bonchev–Trinajstić information content (AvgIpc) is 3.08. The molecule has 3 aromatic carbocycles. The van der Waals surface area contributed by atoms with E-state index in [1.165, 1.54) is 0 Å². The fourth-order valence-electron chi connectivity index (χ4n) is 5.49. The van der Waals surface area contributed by atoms with Crippen LogP contribution in [0.4, 0.5) is 11.4 Å². The van der Waals surface area contributed by atoms with Gasteiger partial charge in [0.15, 0.2) is 5.78 Å². The van der Waals surface area contributed by atoms with Gasteiger partial charge < -0.3 is 26.0 Å². The van der Waals surface area contributed by atoms with Crippen molar-refractivity contribution in [1.82, 2.24) is 10.6 Å². The SMILES string of the molecule is CC(C)[C@H](NC(=O)CCCC(=O)NCCC(=O)N1Cc2ccccc2C#Cc2ccccc21)C(=O)C[C@@H](C)C(=O)Nc1ccc(CO)cc1. The lowest BCUT2D eigenvalue weighted by atomic mass is 9.92. The maximum absolute atomic E-state index is 13.4. The number of nitrogens with zero attached hydrogens (tertiary/aromatic N) is 1. The van der Waals surface area contributed by atoms with Gasteiger partial charge in [-0.2, -0.15) is 0 Å². The summed E-state index contributed by atoms with van der Waals surface area (Å²) in [6.45, 7) is 5.73. The maximum Gasteiger partial charge on any atom is 0.229 e. The van der Waals surface area contributed by atoms with Gasteiger partial charge in [-0.1, -0.05) is 75.1 Å². The Morgan fingerprint density at radius 2 is 1.47 bits per heavy atom. The molecular formula is C39H44N4O6. The number of amides is 4. The molecule has 0 unspecified atom stereocenters. The Labute approximate surface area is 287 Å². The molecule has 0 radical (unpaired) electrons. The maximum atomic E-state index is 13.4.